The first-order valence-electron chi connectivity index (χ1n) is 9.76. The second kappa shape index (κ2) is 8.14. The van der Waals surface area contributed by atoms with E-state index in [4.69, 9.17) is 4.74 Å². The van der Waals surface area contributed by atoms with Gasteiger partial charge in [0, 0.05) is 39.3 Å². The highest BCUT2D eigenvalue weighted by molar-refractivity contribution is 5.95. The van der Waals surface area contributed by atoms with Crippen LogP contribution in [0, 0.1) is 6.92 Å². The summed E-state index contributed by atoms with van der Waals surface area (Å²) < 4.78 is 7.57. The minimum absolute atomic E-state index is 0.0697. The number of carbonyl (C=O) groups is 2. The SMILES string of the molecule is CCc1c(C)nn(C)c1NC(=O)CC1COc2ccc(C(=O)N(C)C)cc2N1C. The topological polar surface area (TPSA) is 79.7 Å². The van der Waals surface area contributed by atoms with E-state index in [2.05, 4.69) is 10.4 Å². The van der Waals surface area contributed by atoms with Gasteiger partial charge in [0.15, 0.2) is 0 Å². The smallest absolute Gasteiger partial charge is 0.253 e. The van der Waals surface area contributed by atoms with Crippen LogP contribution in [-0.2, 0) is 18.3 Å². The molecule has 0 saturated heterocycles. The number of anilines is 2. The Labute approximate surface area is 171 Å². The van der Waals surface area contributed by atoms with E-state index in [9.17, 15) is 9.59 Å². The second-order valence-electron chi connectivity index (χ2n) is 7.60. The molecule has 0 spiro atoms. The first kappa shape index (κ1) is 20.7. The summed E-state index contributed by atoms with van der Waals surface area (Å²) in [6.45, 7) is 4.40. The number of likely N-dealkylation sites (N-methyl/N-ethyl adjacent to an activating group) is 1. The summed E-state index contributed by atoms with van der Waals surface area (Å²) in [5.41, 5.74) is 3.38. The molecule has 0 bridgehead atoms. The van der Waals surface area contributed by atoms with Crippen LogP contribution in [-0.4, -0.2) is 60.3 Å². The van der Waals surface area contributed by atoms with E-state index >= 15 is 0 Å². The Morgan fingerprint density at radius 2 is 2.03 bits per heavy atom. The Kier molecular flexibility index (Phi) is 5.81. The van der Waals surface area contributed by atoms with Crippen molar-refractivity contribution >= 4 is 23.3 Å². The molecule has 0 radical (unpaired) electrons. The standard InChI is InChI=1S/C21H29N5O3/c1-7-16-13(2)23-26(6)20(16)22-19(27)11-15-12-29-18-9-8-14(21(28)24(3)4)10-17(18)25(15)5/h8-10,15H,7,11-12H2,1-6H3,(H,22,27). The summed E-state index contributed by atoms with van der Waals surface area (Å²) in [5.74, 6) is 1.30. The number of nitrogens with one attached hydrogen (secondary N) is 1. The van der Waals surface area contributed by atoms with Crippen molar-refractivity contribution in [2.75, 3.05) is 38.0 Å². The van der Waals surface area contributed by atoms with Crippen molar-refractivity contribution in [1.82, 2.24) is 14.7 Å². The van der Waals surface area contributed by atoms with Crippen LogP contribution in [0.5, 0.6) is 5.75 Å². The average molecular weight is 399 g/mol. The quantitative estimate of drug-likeness (QED) is 0.834. The third-order valence-electron chi connectivity index (χ3n) is 5.35. The van der Waals surface area contributed by atoms with Gasteiger partial charge in [0.05, 0.1) is 23.8 Å². The lowest BCUT2D eigenvalue weighted by Gasteiger charge is -2.35. The number of rotatable bonds is 5. The molecule has 0 fully saturated rings. The van der Waals surface area contributed by atoms with Gasteiger partial charge < -0.3 is 19.9 Å². The summed E-state index contributed by atoms with van der Waals surface area (Å²) >= 11 is 0. The van der Waals surface area contributed by atoms with Gasteiger partial charge in [-0.1, -0.05) is 6.92 Å². The van der Waals surface area contributed by atoms with E-state index in [-0.39, 0.29) is 24.3 Å². The summed E-state index contributed by atoms with van der Waals surface area (Å²) in [4.78, 5) is 28.6. The first-order valence-corrected chi connectivity index (χ1v) is 9.76. The fourth-order valence-electron chi connectivity index (χ4n) is 3.68. The normalized spacial score (nSPS) is 15.5. The zero-order valence-electron chi connectivity index (χ0n) is 17.9. The molecule has 2 heterocycles. The average Bonchev–Trinajstić information content (AvgIpc) is 2.95. The number of hydrogen-bond acceptors (Lipinski definition) is 5. The lowest BCUT2D eigenvalue weighted by molar-refractivity contribution is -0.116. The van der Waals surface area contributed by atoms with Crippen LogP contribution in [0.25, 0.3) is 0 Å². The van der Waals surface area contributed by atoms with Crippen molar-refractivity contribution in [3.8, 4) is 5.75 Å². The Morgan fingerprint density at radius 3 is 2.69 bits per heavy atom. The fraction of sp³-hybridized carbons (Fsp3) is 0.476. The predicted octanol–water partition coefficient (Wildman–Crippen LogP) is 2.22. The van der Waals surface area contributed by atoms with Gasteiger partial charge >= 0.3 is 0 Å². The number of amides is 2. The predicted molar refractivity (Wildman–Crippen MR) is 113 cm³/mol. The third-order valence-corrected chi connectivity index (χ3v) is 5.35. The molecule has 3 rings (SSSR count). The molecule has 1 atom stereocenters. The summed E-state index contributed by atoms with van der Waals surface area (Å²) in [6.07, 6.45) is 1.08. The van der Waals surface area contributed by atoms with Crippen LogP contribution in [0.4, 0.5) is 11.5 Å². The van der Waals surface area contributed by atoms with Gasteiger partial charge in [0.1, 0.15) is 18.2 Å². The molecule has 156 valence electrons. The number of ether oxygens (including phenoxy) is 1. The number of carbonyl (C=O) groups excluding carboxylic acids is 2. The molecule has 8 nitrogen and oxygen atoms in total. The minimum atomic E-state index is -0.133. The van der Waals surface area contributed by atoms with E-state index in [1.165, 1.54) is 4.90 Å². The van der Waals surface area contributed by atoms with Gasteiger partial charge in [0.2, 0.25) is 5.91 Å². The number of fused-ring (bicyclic) bond motifs is 1. The van der Waals surface area contributed by atoms with Gasteiger partial charge in [-0.3, -0.25) is 14.3 Å². The van der Waals surface area contributed by atoms with Crippen LogP contribution in [0.3, 0.4) is 0 Å². The van der Waals surface area contributed by atoms with Crippen LogP contribution in [0.1, 0.15) is 35.0 Å². The van der Waals surface area contributed by atoms with Crippen molar-refractivity contribution in [2.45, 2.75) is 32.7 Å². The molecular formula is C21H29N5O3. The van der Waals surface area contributed by atoms with Crippen molar-refractivity contribution < 1.29 is 14.3 Å². The molecule has 1 aliphatic heterocycles. The lowest BCUT2D eigenvalue weighted by atomic mass is 10.1. The molecule has 2 amide bonds. The van der Waals surface area contributed by atoms with Crippen molar-refractivity contribution in [1.29, 1.82) is 0 Å². The number of aryl methyl sites for hydroxylation is 2. The van der Waals surface area contributed by atoms with Crippen molar-refractivity contribution in [3.05, 3.63) is 35.0 Å². The zero-order valence-corrected chi connectivity index (χ0v) is 17.9. The van der Waals surface area contributed by atoms with E-state index in [0.717, 1.165) is 34.9 Å². The Bertz CT molecular complexity index is 935. The Morgan fingerprint density at radius 1 is 1.31 bits per heavy atom. The molecular weight excluding hydrogens is 370 g/mol. The molecule has 8 heteroatoms. The Balaban J connectivity index is 1.75. The van der Waals surface area contributed by atoms with Crippen LogP contribution < -0.4 is 15.0 Å². The lowest BCUT2D eigenvalue weighted by Crippen LogP contribution is -2.43. The zero-order chi connectivity index (χ0) is 21.3. The number of benzene rings is 1. The highest BCUT2D eigenvalue weighted by Crippen LogP contribution is 2.35. The van der Waals surface area contributed by atoms with Crippen molar-refractivity contribution in [2.24, 2.45) is 7.05 Å². The number of aromatic nitrogens is 2. The molecule has 0 saturated carbocycles. The van der Waals surface area contributed by atoms with E-state index in [1.807, 2.05) is 45.0 Å². The first-order chi connectivity index (χ1) is 13.7. The highest BCUT2D eigenvalue weighted by atomic mass is 16.5. The fourth-order valence-corrected chi connectivity index (χ4v) is 3.68. The maximum Gasteiger partial charge on any atom is 0.253 e. The van der Waals surface area contributed by atoms with Gasteiger partial charge in [-0.15, -0.1) is 0 Å². The monoisotopic (exact) mass is 399 g/mol. The summed E-state index contributed by atoms with van der Waals surface area (Å²) in [7, 11) is 7.20. The molecule has 2 aromatic rings. The molecule has 1 N–H and O–H groups in total. The third kappa shape index (κ3) is 4.06. The minimum Gasteiger partial charge on any atom is -0.489 e. The van der Waals surface area contributed by atoms with Gasteiger partial charge in [-0.05, 0) is 31.5 Å². The molecule has 1 aromatic carbocycles. The molecule has 1 unspecified atom stereocenters. The molecule has 1 aliphatic rings. The second-order valence-corrected chi connectivity index (χ2v) is 7.60. The van der Waals surface area contributed by atoms with E-state index < -0.39 is 0 Å². The molecule has 1 aromatic heterocycles. The number of nitrogens with zero attached hydrogens (tertiary/aromatic N) is 4. The van der Waals surface area contributed by atoms with Gasteiger partial charge in [-0.25, -0.2) is 0 Å². The molecule has 29 heavy (non-hydrogen) atoms. The van der Waals surface area contributed by atoms with Crippen LogP contribution in [0.15, 0.2) is 18.2 Å². The van der Waals surface area contributed by atoms with Crippen molar-refractivity contribution in [3.63, 3.8) is 0 Å². The largest absolute Gasteiger partial charge is 0.489 e. The summed E-state index contributed by atoms with van der Waals surface area (Å²) in [6, 6.07) is 5.26. The van der Waals surface area contributed by atoms with Crippen LogP contribution in [0.2, 0.25) is 0 Å². The van der Waals surface area contributed by atoms with Crippen LogP contribution >= 0.6 is 0 Å². The maximum atomic E-state index is 12.7. The molecule has 0 aliphatic carbocycles. The summed E-state index contributed by atoms with van der Waals surface area (Å²) in [5, 5.41) is 7.40. The van der Waals surface area contributed by atoms with Gasteiger partial charge in [0.25, 0.3) is 5.91 Å². The highest BCUT2D eigenvalue weighted by Gasteiger charge is 2.28. The number of hydrogen-bond donors (Lipinski definition) is 1. The van der Waals surface area contributed by atoms with E-state index in [1.54, 1.807) is 24.8 Å². The maximum absolute atomic E-state index is 12.7. The van der Waals surface area contributed by atoms with Gasteiger partial charge in [-0.2, -0.15) is 5.10 Å². The Hall–Kier alpha value is -3.03. The van der Waals surface area contributed by atoms with E-state index in [0.29, 0.717) is 12.2 Å².